The number of nitrogens with one attached hydrogen (secondary N) is 1. The fraction of sp³-hybridized carbons (Fsp3) is 0.214. The van der Waals surface area contributed by atoms with Crippen molar-refractivity contribution in [1.29, 1.82) is 0 Å². The maximum atomic E-state index is 11.7. The van der Waals surface area contributed by atoms with Crippen LogP contribution < -0.4 is 10.1 Å². The zero-order valence-corrected chi connectivity index (χ0v) is 11.7. The van der Waals surface area contributed by atoms with Crippen molar-refractivity contribution in [2.45, 2.75) is 6.54 Å². The number of benzene rings is 1. The topological polar surface area (TPSA) is 95.9 Å². The lowest BCUT2D eigenvalue weighted by atomic mass is 10.2. The molecule has 0 saturated heterocycles. The molecule has 1 aromatic carbocycles. The summed E-state index contributed by atoms with van der Waals surface area (Å²) in [6, 6.07) is 6.54. The molecule has 7 heteroatoms. The van der Waals surface area contributed by atoms with E-state index in [1.54, 1.807) is 25.3 Å². The quantitative estimate of drug-likeness (QED) is 0.789. The van der Waals surface area contributed by atoms with Crippen LogP contribution in [-0.2, 0) is 16.1 Å². The molecule has 0 unspecified atom stereocenters. The van der Waals surface area contributed by atoms with Gasteiger partial charge in [0.1, 0.15) is 5.75 Å². The summed E-state index contributed by atoms with van der Waals surface area (Å²) in [4.78, 5) is 34.6. The first-order valence-corrected chi connectivity index (χ1v) is 6.02. The zero-order chi connectivity index (χ0) is 15.8. The van der Waals surface area contributed by atoms with Crippen LogP contribution in [0.4, 0.5) is 4.79 Å². The largest absolute Gasteiger partial charge is 0.497 e. The van der Waals surface area contributed by atoms with Crippen molar-refractivity contribution < 1.29 is 24.2 Å². The second-order valence-corrected chi connectivity index (χ2v) is 4.17. The lowest BCUT2D eigenvalue weighted by Gasteiger charge is -2.17. The summed E-state index contributed by atoms with van der Waals surface area (Å²) in [6.07, 6.45) is 1.43. The molecule has 0 radical (unpaired) electrons. The Labute approximate surface area is 121 Å². The van der Waals surface area contributed by atoms with E-state index in [2.05, 4.69) is 5.32 Å². The van der Waals surface area contributed by atoms with Crippen LogP contribution in [0.15, 0.2) is 36.4 Å². The van der Waals surface area contributed by atoms with Crippen LogP contribution in [0, 0.1) is 0 Å². The third-order valence-corrected chi connectivity index (χ3v) is 2.51. The number of hydrogen-bond acceptors (Lipinski definition) is 4. The average Bonchev–Trinajstić information content (AvgIpc) is 2.45. The SMILES string of the molecule is COc1cccc(CN(C)C(=O)NC(=O)C=CC(=O)O)c1. The van der Waals surface area contributed by atoms with E-state index < -0.39 is 17.9 Å². The number of rotatable bonds is 5. The minimum Gasteiger partial charge on any atom is -0.497 e. The van der Waals surface area contributed by atoms with Gasteiger partial charge in [0, 0.05) is 25.7 Å². The van der Waals surface area contributed by atoms with Crippen molar-refractivity contribution in [1.82, 2.24) is 10.2 Å². The molecule has 0 aromatic heterocycles. The second kappa shape index (κ2) is 7.68. The highest BCUT2D eigenvalue weighted by Crippen LogP contribution is 2.13. The van der Waals surface area contributed by atoms with Gasteiger partial charge >= 0.3 is 12.0 Å². The Morgan fingerprint density at radius 3 is 2.67 bits per heavy atom. The Morgan fingerprint density at radius 2 is 2.05 bits per heavy atom. The Kier molecular flexibility index (Phi) is 5.94. The molecule has 112 valence electrons. The minimum atomic E-state index is -1.26. The fourth-order valence-electron chi connectivity index (χ4n) is 1.51. The molecule has 0 atom stereocenters. The Bertz CT molecular complexity index is 568. The number of methoxy groups -OCH3 is 1. The molecule has 0 aliphatic rings. The highest BCUT2D eigenvalue weighted by Gasteiger charge is 2.11. The fourth-order valence-corrected chi connectivity index (χ4v) is 1.51. The van der Waals surface area contributed by atoms with Gasteiger partial charge in [0.15, 0.2) is 0 Å². The van der Waals surface area contributed by atoms with Crippen LogP contribution in [0.1, 0.15) is 5.56 Å². The van der Waals surface area contributed by atoms with Crippen LogP contribution >= 0.6 is 0 Å². The number of aliphatic carboxylic acids is 1. The molecular formula is C14H16N2O5. The zero-order valence-electron chi connectivity index (χ0n) is 11.7. The van der Waals surface area contributed by atoms with Gasteiger partial charge in [-0.05, 0) is 17.7 Å². The Morgan fingerprint density at radius 1 is 1.33 bits per heavy atom. The summed E-state index contributed by atoms with van der Waals surface area (Å²) in [5.74, 6) is -1.39. The number of carbonyl (C=O) groups excluding carboxylic acids is 2. The van der Waals surface area contributed by atoms with Gasteiger partial charge in [0.25, 0.3) is 5.91 Å². The van der Waals surface area contributed by atoms with Crippen LogP contribution in [0.5, 0.6) is 5.75 Å². The molecule has 21 heavy (non-hydrogen) atoms. The lowest BCUT2D eigenvalue weighted by Crippen LogP contribution is -2.39. The van der Waals surface area contributed by atoms with Gasteiger partial charge in [-0.2, -0.15) is 0 Å². The van der Waals surface area contributed by atoms with Crippen molar-refractivity contribution >= 4 is 17.9 Å². The number of amides is 3. The number of nitrogens with zero attached hydrogens (tertiary/aromatic N) is 1. The maximum absolute atomic E-state index is 11.7. The number of imide groups is 1. The van der Waals surface area contributed by atoms with Gasteiger partial charge in [0.2, 0.25) is 0 Å². The highest BCUT2D eigenvalue weighted by atomic mass is 16.5. The van der Waals surface area contributed by atoms with E-state index in [0.717, 1.165) is 11.6 Å². The van der Waals surface area contributed by atoms with E-state index in [-0.39, 0.29) is 6.54 Å². The van der Waals surface area contributed by atoms with E-state index in [0.29, 0.717) is 11.8 Å². The molecule has 3 amide bonds. The van der Waals surface area contributed by atoms with Crippen molar-refractivity contribution in [2.24, 2.45) is 0 Å². The van der Waals surface area contributed by atoms with Crippen molar-refractivity contribution in [3.8, 4) is 5.75 Å². The Balaban J connectivity index is 2.58. The molecule has 0 fully saturated rings. The molecule has 0 aliphatic heterocycles. The average molecular weight is 292 g/mol. The summed E-state index contributed by atoms with van der Waals surface area (Å²) in [5.41, 5.74) is 0.834. The van der Waals surface area contributed by atoms with Crippen LogP contribution in [0.2, 0.25) is 0 Å². The molecule has 1 rings (SSSR count). The number of ether oxygens (including phenoxy) is 1. The van der Waals surface area contributed by atoms with Gasteiger partial charge in [-0.15, -0.1) is 0 Å². The molecule has 0 heterocycles. The highest BCUT2D eigenvalue weighted by molar-refractivity contribution is 6.02. The van der Waals surface area contributed by atoms with E-state index in [4.69, 9.17) is 9.84 Å². The molecule has 2 N–H and O–H groups in total. The number of carbonyl (C=O) groups is 3. The maximum Gasteiger partial charge on any atom is 0.328 e. The van der Waals surface area contributed by atoms with E-state index in [9.17, 15) is 14.4 Å². The third kappa shape index (κ3) is 5.77. The molecule has 0 aliphatic carbocycles. The first-order valence-electron chi connectivity index (χ1n) is 6.02. The first kappa shape index (κ1) is 16.2. The first-order chi connectivity index (χ1) is 9.92. The summed E-state index contributed by atoms with van der Waals surface area (Å²) in [7, 11) is 3.06. The van der Waals surface area contributed by atoms with Crippen molar-refractivity contribution in [3.05, 3.63) is 42.0 Å². The smallest absolute Gasteiger partial charge is 0.328 e. The van der Waals surface area contributed by atoms with E-state index >= 15 is 0 Å². The minimum absolute atomic E-state index is 0.277. The standard InChI is InChI=1S/C14H16N2O5/c1-16(9-10-4-3-5-11(8-10)21-2)14(20)15-12(17)6-7-13(18)19/h3-8H,9H2,1-2H3,(H,18,19)(H,15,17,20). The summed E-state index contributed by atoms with van der Waals surface area (Å²) in [5, 5.41) is 10.4. The molecule has 7 nitrogen and oxygen atoms in total. The number of urea groups is 1. The monoisotopic (exact) mass is 292 g/mol. The van der Waals surface area contributed by atoms with Gasteiger partial charge in [-0.1, -0.05) is 12.1 Å². The van der Waals surface area contributed by atoms with E-state index in [1.807, 2.05) is 6.07 Å². The molecule has 0 spiro atoms. The molecule has 0 saturated carbocycles. The van der Waals surface area contributed by atoms with Gasteiger partial charge in [-0.3, -0.25) is 10.1 Å². The number of hydrogen-bond donors (Lipinski definition) is 2. The third-order valence-electron chi connectivity index (χ3n) is 2.51. The molecular weight excluding hydrogens is 276 g/mol. The number of carboxylic acids is 1. The van der Waals surface area contributed by atoms with Crippen LogP contribution in [-0.4, -0.2) is 42.1 Å². The lowest BCUT2D eigenvalue weighted by molar-refractivity contribution is -0.131. The number of carboxylic acid groups (broad SMARTS) is 1. The Hall–Kier alpha value is -2.83. The summed E-state index contributed by atoms with van der Waals surface area (Å²) in [6.45, 7) is 0.277. The summed E-state index contributed by atoms with van der Waals surface area (Å²) < 4.78 is 5.08. The van der Waals surface area contributed by atoms with Crippen LogP contribution in [0.3, 0.4) is 0 Å². The predicted molar refractivity (Wildman–Crippen MR) is 74.8 cm³/mol. The van der Waals surface area contributed by atoms with Gasteiger partial charge in [-0.25, -0.2) is 9.59 Å². The second-order valence-electron chi connectivity index (χ2n) is 4.17. The normalized spacial score (nSPS) is 10.2. The van der Waals surface area contributed by atoms with Crippen molar-refractivity contribution in [2.75, 3.05) is 14.2 Å². The van der Waals surface area contributed by atoms with Gasteiger partial charge in [0.05, 0.1) is 7.11 Å². The van der Waals surface area contributed by atoms with E-state index in [1.165, 1.54) is 11.9 Å². The molecule has 0 bridgehead atoms. The van der Waals surface area contributed by atoms with Crippen molar-refractivity contribution in [3.63, 3.8) is 0 Å². The van der Waals surface area contributed by atoms with Crippen LogP contribution in [0.25, 0.3) is 0 Å². The predicted octanol–water partition coefficient (Wildman–Crippen LogP) is 1.00. The van der Waals surface area contributed by atoms with Gasteiger partial charge < -0.3 is 14.7 Å². The molecule has 1 aromatic rings. The summed E-state index contributed by atoms with van der Waals surface area (Å²) >= 11 is 0.